The van der Waals surface area contributed by atoms with Crippen LogP contribution in [0.2, 0.25) is 5.02 Å². The molecule has 2 rings (SSSR count). The molecule has 1 fully saturated rings. The molecule has 0 aromatic carbocycles. The Morgan fingerprint density at radius 2 is 2.18 bits per heavy atom. The summed E-state index contributed by atoms with van der Waals surface area (Å²) in [4.78, 5) is 3.92. The SMILES string of the molecule is COc1cc(C2(CN)CC(F)(F)C2)c(Cl)cn1. The van der Waals surface area contributed by atoms with Crippen molar-refractivity contribution >= 4 is 11.6 Å². The topological polar surface area (TPSA) is 48.1 Å². The summed E-state index contributed by atoms with van der Waals surface area (Å²) in [6.45, 7) is 0.134. The molecule has 1 aliphatic carbocycles. The summed E-state index contributed by atoms with van der Waals surface area (Å²) in [6, 6.07) is 1.59. The monoisotopic (exact) mass is 262 g/mol. The van der Waals surface area contributed by atoms with Gasteiger partial charge in [0.05, 0.1) is 12.1 Å². The van der Waals surface area contributed by atoms with Gasteiger partial charge in [-0.25, -0.2) is 13.8 Å². The fourth-order valence-electron chi connectivity index (χ4n) is 2.32. The van der Waals surface area contributed by atoms with E-state index in [4.69, 9.17) is 22.1 Å². The van der Waals surface area contributed by atoms with E-state index < -0.39 is 11.3 Å². The highest BCUT2D eigenvalue weighted by Crippen LogP contribution is 2.54. The van der Waals surface area contributed by atoms with Crippen molar-refractivity contribution in [2.24, 2.45) is 5.73 Å². The highest BCUT2D eigenvalue weighted by Gasteiger charge is 2.57. The summed E-state index contributed by atoms with van der Waals surface area (Å²) in [6.07, 6.45) is 0.858. The average Bonchev–Trinajstić information content (AvgIpc) is 2.26. The van der Waals surface area contributed by atoms with E-state index in [1.807, 2.05) is 0 Å². The van der Waals surface area contributed by atoms with Crippen molar-refractivity contribution < 1.29 is 13.5 Å². The fraction of sp³-hybridized carbons (Fsp3) is 0.545. The molecule has 0 spiro atoms. The lowest BCUT2D eigenvalue weighted by Gasteiger charge is -2.47. The Morgan fingerprint density at radius 1 is 1.53 bits per heavy atom. The van der Waals surface area contributed by atoms with Crippen LogP contribution < -0.4 is 10.5 Å². The zero-order chi connectivity index (χ0) is 12.7. The highest BCUT2D eigenvalue weighted by molar-refractivity contribution is 6.31. The summed E-state index contributed by atoms with van der Waals surface area (Å²) in [5.41, 5.74) is 5.47. The number of alkyl halides is 2. The molecule has 0 bridgehead atoms. The van der Waals surface area contributed by atoms with E-state index in [0.717, 1.165) is 0 Å². The van der Waals surface area contributed by atoms with E-state index in [2.05, 4.69) is 4.98 Å². The Kier molecular flexibility index (Phi) is 2.99. The molecule has 0 saturated heterocycles. The molecule has 1 heterocycles. The number of hydrogen-bond acceptors (Lipinski definition) is 3. The summed E-state index contributed by atoms with van der Waals surface area (Å²) < 4.78 is 31.1. The van der Waals surface area contributed by atoms with Gasteiger partial charge in [0.2, 0.25) is 11.8 Å². The van der Waals surface area contributed by atoms with Crippen LogP contribution in [0.3, 0.4) is 0 Å². The van der Waals surface area contributed by atoms with Crippen LogP contribution in [0.1, 0.15) is 18.4 Å². The lowest BCUT2D eigenvalue weighted by atomic mass is 9.62. The Labute approximate surface area is 103 Å². The first-order valence-electron chi connectivity index (χ1n) is 5.20. The van der Waals surface area contributed by atoms with Gasteiger partial charge in [0.15, 0.2) is 0 Å². The lowest BCUT2D eigenvalue weighted by Crippen LogP contribution is -2.53. The van der Waals surface area contributed by atoms with E-state index >= 15 is 0 Å². The number of pyridine rings is 1. The summed E-state index contributed by atoms with van der Waals surface area (Å²) in [5, 5.41) is 0.353. The quantitative estimate of drug-likeness (QED) is 0.910. The molecule has 0 amide bonds. The van der Waals surface area contributed by atoms with Crippen LogP contribution in [-0.2, 0) is 5.41 Å². The molecule has 1 saturated carbocycles. The standard InChI is InChI=1S/C11H13ClF2N2O/c1-17-9-2-7(8(12)3-16-9)10(6-15)4-11(13,14)5-10/h2-3H,4-6,15H2,1H3. The minimum atomic E-state index is -2.65. The van der Waals surface area contributed by atoms with Crippen molar-refractivity contribution in [3.63, 3.8) is 0 Å². The smallest absolute Gasteiger partial charge is 0.250 e. The van der Waals surface area contributed by atoms with Crippen molar-refractivity contribution in [2.45, 2.75) is 24.2 Å². The number of ether oxygens (including phenoxy) is 1. The van der Waals surface area contributed by atoms with Crippen molar-refractivity contribution in [1.82, 2.24) is 4.98 Å². The van der Waals surface area contributed by atoms with E-state index in [1.54, 1.807) is 6.07 Å². The number of rotatable bonds is 3. The molecule has 1 aromatic heterocycles. The van der Waals surface area contributed by atoms with Gasteiger partial charge in [0, 0.05) is 37.1 Å². The Bertz CT molecular complexity index is 431. The minimum absolute atomic E-state index is 0.134. The van der Waals surface area contributed by atoms with Gasteiger partial charge in [-0.05, 0) is 5.56 Å². The Morgan fingerprint density at radius 3 is 2.65 bits per heavy atom. The maximum Gasteiger partial charge on any atom is 0.250 e. The molecule has 3 nitrogen and oxygen atoms in total. The molecule has 94 valence electrons. The molecule has 1 aromatic rings. The maximum atomic E-state index is 13.1. The van der Waals surface area contributed by atoms with Gasteiger partial charge in [-0.3, -0.25) is 0 Å². The van der Waals surface area contributed by atoms with Crippen LogP contribution in [-0.4, -0.2) is 24.6 Å². The van der Waals surface area contributed by atoms with Crippen molar-refractivity contribution in [2.75, 3.05) is 13.7 Å². The van der Waals surface area contributed by atoms with Crippen molar-refractivity contribution in [3.05, 3.63) is 22.8 Å². The van der Waals surface area contributed by atoms with E-state index in [9.17, 15) is 8.78 Å². The van der Waals surface area contributed by atoms with Crippen LogP contribution in [0.4, 0.5) is 8.78 Å². The first kappa shape index (κ1) is 12.5. The number of aromatic nitrogens is 1. The van der Waals surface area contributed by atoms with Gasteiger partial charge in [0.25, 0.3) is 0 Å². The number of halogens is 3. The first-order chi connectivity index (χ1) is 7.92. The number of hydrogen-bond donors (Lipinski definition) is 1. The van der Waals surface area contributed by atoms with Gasteiger partial charge in [-0.1, -0.05) is 11.6 Å². The highest BCUT2D eigenvalue weighted by atomic mass is 35.5. The molecular formula is C11H13ClF2N2O. The molecule has 1 aliphatic rings. The third-order valence-electron chi connectivity index (χ3n) is 3.20. The Hall–Kier alpha value is -0.940. The van der Waals surface area contributed by atoms with Crippen molar-refractivity contribution in [1.29, 1.82) is 0 Å². The van der Waals surface area contributed by atoms with E-state index in [1.165, 1.54) is 13.3 Å². The van der Waals surface area contributed by atoms with Crippen LogP contribution in [0.15, 0.2) is 12.3 Å². The van der Waals surface area contributed by atoms with Crippen LogP contribution in [0.25, 0.3) is 0 Å². The number of nitrogens with zero attached hydrogens (tertiary/aromatic N) is 1. The second-order valence-electron chi connectivity index (χ2n) is 4.40. The van der Waals surface area contributed by atoms with E-state index in [0.29, 0.717) is 16.5 Å². The molecule has 0 aliphatic heterocycles. The number of methoxy groups -OCH3 is 1. The molecule has 17 heavy (non-hydrogen) atoms. The second-order valence-corrected chi connectivity index (χ2v) is 4.81. The Balaban J connectivity index is 2.38. The predicted octanol–water partition coefficient (Wildman–Crippen LogP) is 2.37. The molecule has 0 atom stereocenters. The normalized spacial score (nSPS) is 20.8. The minimum Gasteiger partial charge on any atom is -0.481 e. The number of nitrogens with two attached hydrogens (primary N) is 1. The van der Waals surface area contributed by atoms with Crippen LogP contribution >= 0.6 is 11.6 Å². The van der Waals surface area contributed by atoms with Crippen molar-refractivity contribution in [3.8, 4) is 5.88 Å². The molecule has 0 radical (unpaired) electrons. The molecule has 6 heteroatoms. The van der Waals surface area contributed by atoms with E-state index in [-0.39, 0.29) is 19.4 Å². The summed E-state index contributed by atoms with van der Waals surface area (Å²) >= 11 is 6.00. The zero-order valence-corrected chi connectivity index (χ0v) is 10.1. The molecular weight excluding hydrogens is 250 g/mol. The average molecular weight is 263 g/mol. The summed E-state index contributed by atoms with van der Waals surface area (Å²) in [5.74, 6) is -2.30. The van der Waals surface area contributed by atoms with Gasteiger partial charge >= 0.3 is 0 Å². The van der Waals surface area contributed by atoms with Gasteiger partial charge in [-0.2, -0.15) is 0 Å². The zero-order valence-electron chi connectivity index (χ0n) is 9.34. The van der Waals surface area contributed by atoms with Gasteiger partial charge in [-0.15, -0.1) is 0 Å². The lowest BCUT2D eigenvalue weighted by molar-refractivity contribution is -0.123. The van der Waals surface area contributed by atoms with Gasteiger partial charge < -0.3 is 10.5 Å². The molecule has 0 unspecified atom stereocenters. The molecule has 2 N–H and O–H groups in total. The maximum absolute atomic E-state index is 13.1. The first-order valence-corrected chi connectivity index (χ1v) is 5.58. The van der Waals surface area contributed by atoms with Gasteiger partial charge in [0.1, 0.15) is 0 Å². The summed E-state index contributed by atoms with van der Waals surface area (Å²) in [7, 11) is 1.46. The van der Waals surface area contributed by atoms with Crippen LogP contribution in [0.5, 0.6) is 5.88 Å². The van der Waals surface area contributed by atoms with Crippen LogP contribution in [0, 0.1) is 0 Å². The third-order valence-corrected chi connectivity index (χ3v) is 3.50. The predicted molar refractivity (Wildman–Crippen MR) is 60.7 cm³/mol. The second kappa shape index (κ2) is 4.07. The third kappa shape index (κ3) is 2.09. The fourth-order valence-corrected chi connectivity index (χ4v) is 2.62. The largest absolute Gasteiger partial charge is 0.481 e.